The second kappa shape index (κ2) is 8.80. The quantitative estimate of drug-likeness (QED) is 0.427. The lowest BCUT2D eigenvalue weighted by molar-refractivity contribution is -0.151. The Morgan fingerprint density at radius 1 is 0.943 bits per heavy atom. The van der Waals surface area contributed by atoms with Crippen molar-refractivity contribution in [1.82, 2.24) is 4.90 Å². The van der Waals surface area contributed by atoms with Crippen molar-refractivity contribution in [2.75, 3.05) is 31.2 Å². The third-order valence-electron chi connectivity index (χ3n) is 6.57. The van der Waals surface area contributed by atoms with Gasteiger partial charge in [-0.3, -0.25) is 14.4 Å². The molecule has 2 fully saturated rings. The van der Waals surface area contributed by atoms with Crippen molar-refractivity contribution in [2.45, 2.75) is 25.4 Å². The molecule has 3 amide bonds. The Kier molecular flexibility index (Phi) is 6.40. The van der Waals surface area contributed by atoms with Crippen LogP contribution in [0.2, 0.25) is 10.0 Å². The molecule has 35 heavy (non-hydrogen) atoms. The van der Waals surface area contributed by atoms with Crippen LogP contribution < -0.4 is 4.90 Å². The summed E-state index contributed by atoms with van der Waals surface area (Å²) in [7, 11) is 0. The molecule has 0 spiro atoms. The summed E-state index contributed by atoms with van der Waals surface area (Å²) in [5.74, 6) is -2.27. The van der Waals surface area contributed by atoms with Gasteiger partial charge in [-0.15, -0.1) is 0 Å². The molecule has 6 nitrogen and oxygen atoms in total. The maximum absolute atomic E-state index is 14.2. The first kappa shape index (κ1) is 25.5. The smallest absolute Gasteiger partial charge is 0.378 e. The van der Waals surface area contributed by atoms with Crippen LogP contribution in [0.15, 0.2) is 42.5 Å². The van der Waals surface area contributed by atoms with E-state index >= 15 is 0 Å². The molecule has 11 heteroatoms. The standard InChI is InChI=1S/C24H21Cl2F3N2O4/c1-22(2)19(32)31(18-12-16(25)11-17(26)13-18)21(34)23(22,20(33)30-7-9-35-10-8-30)14-3-5-15(6-4-14)24(27,28)29/h3-6,11-13H,7-10H2,1-2H3/t23-/m0/s1. The highest BCUT2D eigenvalue weighted by Crippen LogP contribution is 2.53. The van der Waals surface area contributed by atoms with Gasteiger partial charge >= 0.3 is 6.18 Å². The predicted octanol–water partition coefficient (Wildman–Crippen LogP) is 4.71. The lowest BCUT2D eigenvalue weighted by atomic mass is 9.62. The molecule has 0 radical (unpaired) electrons. The van der Waals surface area contributed by atoms with Crippen molar-refractivity contribution in [3.05, 3.63) is 63.6 Å². The Morgan fingerprint density at radius 2 is 1.49 bits per heavy atom. The van der Waals surface area contributed by atoms with Crippen molar-refractivity contribution in [3.8, 4) is 0 Å². The molecule has 2 saturated heterocycles. The van der Waals surface area contributed by atoms with Gasteiger partial charge in [-0.2, -0.15) is 13.2 Å². The van der Waals surface area contributed by atoms with Crippen LogP contribution in [0, 0.1) is 5.41 Å². The van der Waals surface area contributed by atoms with Gasteiger partial charge in [-0.25, -0.2) is 4.90 Å². The Balaban J connectivity index is 1.95. The van der Waals surface area contributed by atoms with E-state index in [2.05, 4.69) is 0 Å². The molecule has 0 aromatic heterocycles. The van der Waals surface area contributed by atoms with Gasteiger partial charge < -0.3 is 9.64 Å². The van der Waals surface area contributed by atoms with Crippen LogP contribution in [-0.4, -0.2) is 48.9 Å². The normalized spacial score (nSPS) is 22.6. The number of amides is 3. The zero-order valence-electron chi connectivity index (χ0n) is 18.8. The third-order valence-corrected chi connectivity index (χ3v) is 7.01. The minimum atomic E-state index is -4.62. The second-order valence-electron chi connectivity index (χ2n) is 8.93. The molecule has 0 saturated carbocycles. The summed E-state index contributed by atoms with van der Waals surface area (Å²) in [5.41, 5.74) is -4.67. The van der Waals surface area contributed by atoms with Crippen LogP contribution in [-0.2, 0) is 30.7 Å². The number of carbonyl (C=O) groups is 3. The Morgan fingerprint density at radius 3 is 2.00 bits per heavy atom. The molecule has 2 aromatic rings. The molecule has 2 aliphatic heterocycles. The molecular weight excluding hydrogens is 508 g/mol. The summed E-state index contributed by atoms with van der Waals surface area (Å²) in [6.07, 6.45) is -4.62. The highest BCUT2D eigenvalue weighted by Gasteiger charge is 2.70. The first-order valence-electron chi connectivity index (χ1n) is 10.7. The van der Waals surface area contributed by atoms with Crippen LogP contribution >= 0.6 is 23.2 Å². The minimum absolute atomic E-state index is 0.0130. The van der Waals surface area contributed by atoms with E-state index in [9.17, 15) is 27.6 Å². The number of morpholine rings is 1. The largest absolute Gasteiger partial charge is 0.416 e. The lowest BCUT2D eigenvalue weighted by Crippen LogP contribution is -2.59. The average molecular weight is 529 g/mol. The number of anilines is 1. The fourth-order valence-corrected chi connectivity index (χ4v) is 5.26. The van der Waals surface area contributed by atoms with Crippen molar-refractivity contribution in [1.29, 1.82) is 0 Å². The van der Waals surface area contributed by atoms with E-state index in [4.69, 9.17) is 27.9 Å². The van der Waals surface area contributed by atoms with Gasteiger partial charge in [-0.1, -0.05) is 35.3 Å². The fraction of sp³-hybridized carbons (Fsp3) is 0.375. The van der Waals surface area contributed by atoms with Crippen LogP contribution in [0.25, 0.3) is 0 Å². The number of nitrogens with zero attached hydrogens (tertiary/aromatic N) is 2. The van der Waals surface area contributed by atoms with E-state index in [-0.39, 0.29) is 47.6 Å². The van der Waals surface area contributed by atoms with E-state index in [1.807, 2.05) is 0 Å². The third kappa shape index (κ3) is 3.99. The monoisotopic (exact) mass is 528 g/mol. The molecule has 0 unspecified atom stereocenters. The van der Waals surface area contributed by atoms with Crippen molar-refractivity contribution in [2.24, 2.45) is 5.41 Å². The van der Waals surface area contributed by atoms with Gasteiger partial charge in [0.1, 0.15) is 0 Å². The molecule has 186 valence electrons. The highest BCUT2D eigenvalue weighted by molar-refractivity contribution is 6.37. The number of carbonyl (C=O) groups excluding carboxylic acids is 3. The molecule has 0 N–H and O–H groups in total. The zero-order chi connectivity index (χ0) is 25.8. The van der Waals surface area contributed by atoms with Crippen molar-refractivity contribution in [3.63, 3.8) is 0 Å². The average Bonchev–Trinajstić information content (AvgIpc) is 2.94. The number of alkyl halides is 3. The summed E-state index contributed by atoms with van der Waals surface area (Å²) in [6.45, 7) is 3.67. The van der Waals surface area contributed by atoms with Crippen LogP contribution in [0.3, 0.4) is 0 Å². The number of hydrogen-bond donors (Lipinski definition) is 0. The molecule has 4 rings (SSSR count). The van der Waals surface area contributed by atoms with Crippen molar-refractivity contribution < 1.29 is 32.3 Å². The second-order valence-corrected chi connectivity index (χ2v) is 9.80. The van der Waals surface area contributed by atoms with Gasteiger partial charge in [0.25, 0.3) is 5.91 Å². The zero-order valence-corrected chi connectivity index (χ0v) is 20.3. The fourth-order valence-electron chi connectivity index (χ4n) is 4.75. The SMILES string of the molecule is CC1(C)C(=O)N(c2cc(Cl)cc(Cl)c2)C(=O)[C@@]1(C(=O)N1CCOCC1)c1ccc(C(F)(F)F)cc1. The lowest BCUT2D eigenvalue weighted by Gasteiger charge is -2.40. The number of halogens is 5. The summed E-state index contributed by atoms with van der Waals surface area (Å²) >= 11 is 12.2. The van der Waals surface area contributed by atoms with Gasteiger partial charge in [-0.05, 0) is 49.7 Å². The molecule has 2 aliphatic rings. The Labute approximate surface area is 209 Å². The molecule has 2 aromatic carbocycles. The highest BCUT2D eigenvalue weighted by atomic mass is 35.5. The Bertz CT molecular complexity index is 1170. The van der Waals surface area contributed by atoms with Gasteiger partial charge in [0.2, 0.25) is 11.8 Å². The summed E-state index contributed by atoms with van der Waals surface area (Å²) in [5, 5.41) is 0.329. The Hall–Kier alpha value is -2.62. The summed E-state index contributed by atoms with van der Waals surface area (Å²) in [4.78, 5) is 44.2. The van der Waals surface area contributed by atoms with Crippen LogP contribution in [0.1, 0.15) is 25.0 Å². The topological polar surface area (TPSA) is 66.9 Å². The summed E-state index contributed by atoms with van der Waals surface area (Å²) < 4.78 is 45.1. The first-order chi connectivity index (χ1) is 16.3. The minimum Gasteiger partial charge on any atom is -0.378 e. The van der Waals surface area contributed by atoms with Gasteiger partial charge in [0.15, 0.2) is 5.41 Å². The maximum atomic E-state index is 14.2. The van der Waals surface area contributed by atoms with E-state index in [0.717, 1.165) is 29.2 Å². The van der Waals surface area contributed by atoms with Crippen LogP contribution in [0.5, 0.6) is 0 Å². The number of benzene rings is 2. The van der Waals surface area contributed by atoms with E-state index in [0.29, 0.717) is 0 Å². The number of rotatable bonds is 3. The molecule has 0 aliphatic carbocycles. The van der Waals surface area contributed by atoms with E-state index < -0.39 is 40.3 Å². The van der Waals surface area contributed by atoms with Crippen molar-refractivity contribution >= 4 is 46.6 Å². The number of ether oxygens (including phenoxy) is 1. The van der Waals surface area contributed by atoms with E-state index in [1.165, 1.54) is 36.9 Å². The summed E-state index contributed by atoms with van der Waals surface area (Å²) in [6, 6.07) is 7.92. The van der Waals surface area contributed by atoms with Gasteiger partial charge in [0.05, 0.1) is 29.9 Å². The van der Waals surface area contributed by atoms with Crippen LogP contribution in [0.4, 0.5) is 18.9 Å². The molecule has 0 bridgehead atoms. The number of hydrogen-bond acceptors (Lipinski definition) is 4. The maximum Gasteiger partial charge on any atom is 0.416 e. The van der Waals surface area contributed by atoms with Gasteiger partial charge in [0, 0.05) is 23.1 Å². The molecule has 2 heterocycles. The molecular formula is C24H21Cl2F3N2O4. The number of imide groups is 1. The van der Waals surface area contributed by atoms with E-state index in [1.54, 1.807) is 0 Å². The predicted molar refractivity (Wildman–Crippen MR) is 123 cm³/mol. The first-order valence-corrected chi connectivity index (χ1v) is 11.5. The molecule has 1 atom stereocenters.